The smallest absolute Gasteiger partial charge is 0.326 e. The number of nitrogens with one attached hydrogen (secondary N) is 1. The average molecular weight is 223 g/mol. The van der Waals surface area contributed by atoms with E-state index in [1.165, 1.54) is 0 Å². The highest BCUT2D eigenvalue weighted by Crippen LogP contribution is 2.12. The van der Waals surface area contributed by atoms with E-state index >= 15 is 0 Å². The molecule has 1 rings (SSSR count). The first-order chi connectivity index (χ1) is 7.54. The molecule has 0 aliphatic carbocycles. The number of carbonyl (C=O) groups is 1. The van der Waals surface area contributed by atoms with E-state index in [4.69, 9.17) is 5.11 Å². The molecule has 16 heavy (non-hydrogen) atoms. The summed E-state index contributed by atoms with van der Waals surface area (Å²) in [4.78, 5) is 19.1. The number of aliphatic carboxylic acids is 1. The maximum Gasteiger partial charge on any atom is 0.326 e. The summed E-state index contributed by atoms with van der Waals surface area (Å²) in [5.74, 6) is -0.487. The number of hydrogen-bond acceptors (Lipinski definition) is 4. The number of rotatable bonds is 5. The summed E-state index contributed by atoms with van der Waals surface area (Å²) >= 11 is 0. The predicted molar refractivity (Wildman–Crippen MR) is 61.3 cm³/mol. The predicted octanol–water partition coefficient (Wildman–Crippen LogP) is 1.70. The second-order valence-corrected chi connectivity index (χ2v) is 3.93. The fraction of sp³-hybridized carbons (Fsp3) is 0.545. The Hall–Kier alpha value is -1.65. The number of nitrogens with zero attached hydrogens (tertiary/aromatic N) is 2. The first kappa shape index (κ1) is 12.4. The highest BCUT2D eigenvalue weighted by atomic mass is 16.4. The van der Waals surface area contributed by atoms with Crippen LogP contribution in [-0.2, 0) is 4.79 Å². The molecule has 0 bridgehead atoms. The molecule has 1 heterocycles. The molecule has 1 aromatic heterocycles. The van der Waals surface area contributed by atoms with Crippen LogP contribution in [0.1, 0.15) is 25.8 Å². The summed E-state index contributed by atoms with van der Waals surface area (Å²) in [6.45, 7) is 5.73. The standard InChI is InChI=1S/C11H17N3O2/c1-4-8(3)9(10(15)16)14-11-12-5-7(2)6-13-11/h5-6,8-9H,4H2,1-3H3,(H,15,16)(H,12,13,14)/t8-,9-/m0/s1. The van der Waals surface area contributed by atoms with E-state index in [1.54, 1.807) is 12.4 Å². The van der Waals surface area contributed by atoms with Gasteiger partial charge in [0, 0.05) is 12.4 Å². The van der Waals surface area contributed by atoms with Crippen molar-refractivity contribution in [3.8, 4) is 0 Å². The lowest BCUT2D eigenvalue weighted by atomic mass is 9.99. The topological polar surface area (TPSA) is 75.1 Å². The van der Waals surface area contributed by atoms with Gasteiger partial charge in [-0.1, -0.05) is 20.3 Å². The number of hydrogen-bond donors (Lipinski definition) is 2. The molecule has 0 saturated carbocycles. The molecule has 0 saturated heterocycles. The molecule has 88 valence electrons. The molecular weight excluding hydrogens is 206 g/mol. The van der Waals surface area contributed by atoms with E-state index < -0.39 is 12.0 Å². The third kappa shape index (κ3) is 3.18. The van der Waals surface area contributed by atoms with Gasteiger partial charge in [-0.2, -0.15) is 0 Å². The highest BCUT2D eigenvalue weighted by molar-refractivity contribution is 5.76. The molecule has 5 heteroatoms. The lowest BCUT2D eigenvalue weighted by molar-refractivity contribution is -0.139. The van der Waals surface area contributed by atoms with E-state index in [1.807, 2.05) is 20.8 Å². The fourth-order valence-electron chi connectivity index (χ4n) is 1.29. The second-order valence-electron chi connectivity index (χ2n) is 3.93. The van der Waals surface area contributed by atoms with Crippen molar-refractivity contribution in [3.63, 3.8) is 0 Å². The monoisotopic (exact) mass is 223 g/mol. The Labute approximate surface area is 94.9 Å². The third-order valence-electron chi connectivity index (χ3n) is 2.54. The van der Waals surface area contributed by atoms with Gasteiger partial charge in [-0.15, -0.1) is 0 Å². The lowest BCUT2D eigenvalue weighted by Gasteiger charge is -2.19. The first-order valence-corrected chi connectivity index (χ1v) is 5.32. The van der Waals surface area contributed by atoms with Crippen LogP contribution in [0.15, 0.2) is 12.4 Å². The average Bonchev–Trinajstić information content (AvgIpc) is 2.27. The van der Waals surface area contributed by atoms with Crippen LogP contribution in [0.2, 0.25) is 0 Å². The Morgan fingerprint density at radius 3 is 2.50 bits per heavy atom. The maximum absolute atomic E-state index is 11.1. The maximum atomic E-state index is 11.1. The summed E-state index contributed by atoms with van der Waals surface area (Å²) in [7, 11) is 0. The Kier molecular flexibility index (Phi) is 4.22. The van der Waals surface area contributed by atoms with Crippen LogP contribution < -0.4 is 5.32 Å². The van der Waals surface area contributed by atoms with Gasteiger partial charge in [-0.25, -0.2) is 14.8 Å². The van der Waals surface area contributed by atoms with Gasteiger partial charge in [-0.3, -0.25) is 0 Å². The van der Waals surface area contributed by atoms with Crippen molar-refractivity contribution in [1.29, 1.82) is 0 Å². The summed E-state index contributed by atoms with van der Waals surface area (Å²) in [6.07, 6.45) is 4.10. The van der Waals surface area contributed by atoms with Crippen molar-refractivity contribution in [2.45, 2.75) is 33.2 Å². The summed E-state index contributed by atoms with van der Waals surface area (Å²) < 4.78 is 0. The van der Waals surface area contributed by atoms with Gasteiger partial charge in [-0.05, 0) is 18.4 Å². The van der Waals surface area contributed by atoms with Crippen molar-refractivity contribution in [2.75, 3.05) is 5.32 Å². The Morgan fingerprint density at radius 2 is 2.06 bits per heavy atom. The van der Waals surface area contributed by atoms with Gasteiger partial charge >= 0.3 is 5.97 Å². The summed E-state index contributed by atoms with van der Waals surface area (Å²) in [5, 5.41) is 11.9. The third-order valence-corrected chi connectivity index (χ3v) is 2.54. The Balaban J connectivity index is 2.75. The van der Waals surface area contributed by atoms with Crippen LogP contribution in [0.4, 0.5) is 5.95 Å². The minimum Gasteiger partial charge on any atom is -0.480 e. The molecule has 0 spiro atoms. The zero-order valence-corrected chi connectivity index (χ0v) is 9.77. The number of carboxylic acid groups (broad SMARTS) is 1. The SMILES string of the molecule is CC[C@H](C)[C@H](Nc1ncc(C)cn1)C(=O)O. The largest absolute Gasteiger partial charge is 0.480 e. The van der Waals surface area contributed by atoms with Crippen molar-refractivity contribution in [2.24, 2.45) is 5.92 Å². The number of aryl methyl sites for hydroxylation is 1. The van der Waals surface area contributed by atoms with E-state index in [2.05, 4.69) is 15.3 Å². The fourth-order valence-corrected chi connectivity index (χ4v) is 1.29. The van der Waals surface area contributed by atoms with Gasteiger partial charge in [0.2, 0.25) is 5.95 Å². The van der Waals surface area contributed by atoms with E-state index in [-0.39, 0.29) is 5.92 Å². The second kappa shape index (κ2) is 5.44. The molecule has 2 atom stereocenters. The van der Waals surface area contributed by atoms with Crippen LogP contribution in [-0.4, -0.2) is 27.1 Å². The summed E-state index contributed by atoms with van der Waals surface area (Å²) in [5.41, 5.74) is 0.945. The van der Waals surface area contributed by atoms with Crippen LogP contribution in [0, 0.1) is 12.8 Å². The molecule has 0 aliphatic rings. The molecule has 1 aromatic rings. The first-order valence-electron chi connectivity index (χ1n) is 5.32. The van der Waals surface area contributed by atoms with Crippen molar-refractivity contribution >= 4 is 11.9 Å². The van der Waals surface area contributed by atoms with Crippen molar-refractivity contribution in [3.05, 3.63) is 18.0 Å². The number of anilines is 1. The Morgan fingerprint density at radius 1 is 1.50 bits per heavy atom. The molecule has 5 nitrogen and oxygen atoms in total. The highest BCUT2D eigenvalue weighted by Gasteiger charge is 2.23. The molecule has 0 fully saturated rings. The van der Waals surface area contributed by atoms with Crippen LogP contribution in [0.25, 0.3) is 0 Å². The van der Waals surface area contributed by atoms with Gasteiger partial charge in [0.25, 0.3) is 0 Å². The molecule has 2 N–H and O–H groups in total. The molecule has 0 unspecified atom stereocenters. The van der Waals surface area contributed by atoms with E-state index in [0.29, 0.717) is 5.95 Å². The van der Waals surface area contributed by atoms with E-state index in [9.17, 15) is 4.79 Å². The van der Waals surface area contributed by atoms with E-state index in [0.717, 1.165) is 12.0 Å². The molecule has 0 aromatic carbocycles. The number of aromatic nitrogens is 2. The van der Waals surface area contributed by atoms with Crippen LogP contribution in [0.5, 0.6) is 0 Å². The molecular formula is C11H17N3O2. The lowest BCUT2D eigenvalue weighted by Crippen LogP contribution is -2.36. The number of carboxylic acids is 1. The quantitative estimate of drug-likeness (QED) is 0.794. The van der Waals surface area contributed by atoms with Gasteiger partial charge < -0.3 is 10.4 Å². The molecule has 0 amide bonds. The molecule has 0 aliphatic heterocycles. The minimum absolute atomic E-state index is 0.0300. The molecule has 0 radical (unpaired) electrons. The van der Waals surface area contributed by atoms with Gasteiger partial charge in [0.1, 0.15) is 6.04 Å². The van der Waals surface area contributed by atoms with Crippen molar-refractivity contribution < 1.29 is 9.90 Å². The Bertz CT molecular complexity index is 351. The summed E-state index contributed by atoms with van der Waals surface area (Å²) in [6, 6.07) is -0.646. The van der Waals surface area contributed by atoms with Crippen molar-refractivity contribution in [1.82, 2.24) is 9.97 Å². The normalized spacial score (nSPS) is 14.2. The minimum atomic E-state index is -0.876. The van der Waals surface area contributed by atoms with Crippen LogP contribution >= 0.6 is 0 Å². The van der Waals surface area contributed by atoms with Gasteiger partial charge in [0.15, 0.2) is 0 Å². The zero-order chi connectivity index (χ0) is 12.1. The van der Waals surface area contributed by atoms with Crippen LogP contribution in [0.3, 0.4) is 0 Å². The zero-order valence-electron chi connectivity index (χ0n) is 9.77. The van der Waals surface area contributed by atoms with Gasteiger partial charge in [0.05, 0.1) is 0 Å².